The molecule has 5 heteroatoms. The van der Waals surface area contributed by atoms with Gasteiger partial charge in [-0.25, -0.2) is 0 Å². The summed E-state index contributed by atoms with van der Waals surface area (Å²) in [5, 5.41) is 27.7. The lowest BCUT2D eigenvalue weighted by Gasteiger charge is -2.18. The standard InChI is InChI=1S/C10H13BrO4/c1-15-9-4-6(11)2-3-7(9)10(14)8(13)5-12/h2-4,8,10,12-14H,5H2,1H3. The number of aliphatic hydroxyl groups is 3. The zero-order valence-electron chi connectivity index (χ0n) is 8.22. The van der Waals surface area contributed by atoms with Crippen molar-refractivity contribution in [1.82, 2.24) is 0 Å². The summed E-state index contributed by atoms with van der Waals surface area (Å²) in [5.41, 5.74) is 0.447. The molecule has 0 bridgehead atoms. The molecule has 1 aromatic rings. The van der Waals surface area contributed by atoms with Gasteiger partial charge in [0.2, 0.25) is 0 Å². The second kappa shape index (κ2) is 5.46. The highest BCUT2D eigenvalue weighted by Crippen LogP contribution is 2.30. The van der Waals surface area contributed by atoms with Crippen LogP contribution in [0.1, 0.15) is 11.7 Å². The summed E-state index contributed by atoms with van der Waals surface area (Å²) < 4.78 is 5.87. The predicted molar refractivity (Wildman–Crippen MR) is 58.7 cm³/mol. The molecule has 0 amide bonds. The molecule has 0 aliphatic carbocycles. The molecule has 1 rings (SSSR count). The van der Waals surface area contributed by atoms with Crippen LogP contribution < -0.4 is 4.74 Å². The number of aliphatic hydroxyl groups excluding tert-OH is 3. The SMILES string of the molecule is COc1cc(Br)ccc1C(O)C(O)CO. The van der Waals surface area contributed by atoms with E-state index in [4.69, 9.17) is 9.84 Å². The van der Waals surface area contributed by atoms with Gasteiger partial charge in [-0.2, -0.15) is 0 Å². The van der Waals surface area contributed by atoms with Crippen molar-refractivity contribution < 1.29 is 20.1 Å². The van der Waals surface area contributed by atoms with E-state index >= 15 is 0 Å². The molecule has 1 aromatic carbocycles. The lowest BCUT2D eigenvalue weighted by atomic mass is 10.0. The van der Waals surface area contributed by atoms with Crippen molar-refractivity contribution in [2.45, 2.75) is 12.2 Å². The molecule has 0 heterocycles. The van der Waals surface area contributed by atoms with Gasteiger partial charge in [0.15, 0.2) is 0 Å². The van der Waals surface area contributed by atoms with Gasteiger partial charge in [0.05, 0.1) is 13.7 Å². The highest BCUT2D eigenvalue weighted by atomic mass is 79.9. The molecule has 15 heavy (non-hydrogen) atoms. The first-order valence-electron chi connectivity index (χ1n) is 4.40. The Kier molecular flexibility index (Phi) is 4.53. The normalized spacial score (nSPS) is 14.7. The summed E-state index contributed by atoms with van der Waals surface area (Å²) in [6.45, 7) is -0.500. The molecule has 2 unspecified atom stereocenters. The predicted octanol–water partition coefficient (Wildman–Crippen LogP) is 0.844. The van der Waals surface area contributed by atoms with Crippen molar-refractivity contribution in [3.63, 3.8) is 0 Å². The number of hydrogen-bond donors (Lipinski definition) is 3. The molecule has 2 atom stereocenters. The molecule has 0 fully saturated rings. The van der Waals surface area contributed by atoms with E-state index in [1.807, 2.05) is 0 Å². The number of ether oxygens (including phenoxy) is 1. The fourth-order valence-electron chi connectivity index (χ4n) is 1.24. The molecular formula is C10H13BrO4. The number of halogens is 1. The van der Waals surface area contributed by atoms with Crippen LogP contribution in [0.3, 0.4) is 0 Å². The van der Waals surface area contributed by atoms with Crippen molar-refractivity contribution in [2.24, 2.45) is 0 Å². The summed E-state index contributed by atoms with van der Waals surface area (Å²) in [7, 11) is 1.48. The van der Waals surface area contributed by atoms with Crippen molar-refractivity contribution in [3.05, 3.63) is 28.2 Å². The first kappa shape index (κ1) is 12.4. The van der Waals surface area contributed by atoms with E-state index in [1.165, 1.54) is 7.11 Å². The number of hydrogen-bond acceptors (Lipinski definition) is 4. The van der Waals surface area contributed by atoms with E-state index in [0.29, 0.717) is 11.3 Å². The fourth-order valence-corrected chi connectivity index (χ4v) is 1.58. The molecule has 0 aliphatic rings. The van der Waals surface area contributed by atoms with Crippen LogP contribution in [-0.4, -0.2) is 35.1 Å². The largest absolute Gasteiger partial charge is 0.496 e. The summed E-state index contributed by atoms with van der Waals surface area (Å²) >= 11 is 3.27. The molecule has 4 nitrogen and oxygen atoms in total. The Hall–Kier alpha value is -0.620. The van der Waals surface area contributed by atoms with Gasteiger partial charge in [0, 0.05) is 10.0 Å². The summed E-state index contributed by atoms with van der Waals surface area (Å²) in [6, 6.07) is 5.04. The molecule has 0 aliphatic heterocycles. The van der Waals surface area contributed by atoms with E-state index in [2.05, 4.69) is 15.9 Å². The van der Waals surface area contributed by atoms with Gasteiger partial charge >= 0.3 is 0 Å². The lowest BCUT2D eigenvalue weighted by Crippen LogP contribution is -2.22. The Morgan fingerprint density at radius 1 is 1.40 bits per heavy atom. The van der Waals surface area contributed by atoms with Crippen molar-refractivity contribution in [3.8, 4) is 5.75 Å². The minimum absolute atomic E-state index is 0.447. The van der Waals surface area contributed by atoms with Gasteiger partial charge in [-0.05, 0) is 12.1 Å². The van der Waals surface area contributed by atoms with Crippen LogP contribution in [-0.2, 0) is 0 Å². The smallest absolute Gasteiger partial charge is 0.125 e. The molecule has 3 N–H and O–H groups in total. The van der Waals surface area contributed by atoms with E-state index in [0.717, 1.165) is 4.47 Å². The van der Waals surface area contributed by atoms with Crippen molar-refractivity contribution >= 4 is 15.9 Å². The van der Waals surface area contributed by atoms with Crippen molar-refractivity contribution in [2.75, 3.05) is 13.7 Å². The Bertz CT molecular complexity index is 329. The average Bonchev–Trinajstić information content (AvgIpc) is 2.26. The van der Waals surface area contributed by atoms with Crippen LogP contribution in [0.5, 0.6) is 5.75 Å². The van der Waals surface area contributed by atoms with E-state index in [1.54, 1.807) is 18.2 Å². The highest BCUT2D eigenvalue weighted by Gasteiger charge is 2.20. The zero-order valence-corrected chi connectivity index (χ0v) is 9.81. The molecule has 0 saturated carbocycles. The first-order valence-corrected chi connectivity index (χ1v) is 5.20. The topological polar surface area (TPSA) is 69.9 Å². The van der Waals surface area contributed by atoms with Crippen molar-refractivity contribution in [1.29, 1.82) is 0 Å². The van der Waals surface area contributed by atoms with E-state index in [9.17, 15) is 10.2 Å². The van der Waals surface area contributed by atoms with Gasteiger partial charge in [-0.3, -0.25) is 0 Å². The van der Waals surface area contributed by atoms with Crippen LogP contribution in [0.2, 0.25) is 0 Å². The zero-order chi connectivity index (χ0) is 11.4. The van der Waals surface area contributed by atoms with Gasteiger partial charge in [0.1, 0.15) is 18.0 Å². The third kappa shape index (κ3) is 2.92. The second-order valence-corrected chi connectivity index (χ2v) is 4.00. The third-order valence-electron chi connectivity index (χ3n) is 2.07. The quantitative estimate of drug-likeness (QED) is 0.763. The lowest BCUT2D eigenvalue weighted by molar-refractivity contribution is -0.0162. The number of benzene rings is 1. The highest BCUT2D eigenvalue weighted by molar-refractivity contribution is 9.10. The third-order valence-corrected chi connectivity index (χ3v) is 2.56. The molecule has 0 radical (unpaired) electrons. The van der Waals surface area contributed by atoms with Crippen LogP contribution in [0.25, 0.3) is 0 Å². The first-order chi connectivity index (χ1) is 7.10. The van der Waals surface area contributed by atoms with Gasteiger partial charge in [0.25, 0.3) is 0 Å². The fraction of sp³-hybridized carbons (Fsp3) is 0.400. The Labute approximate surface area is 96.3 Å². The Morgan fingerprint density at radius 2 is 2.07 bits per heavy atom. The van der Waals surface area contributed by atoms with Gasteiger partial charge in [-0.1, -0.05) is 22.0 Å². The second-order valence-electron chi connectivity index (χ2n) is 3.08. The molecule has 0 saturated heterocycles. The van der Waals surface area contributed by atoms with Crippen LogP contribution in [0.15, 0.2) is 22.7 Å². The monoisotopic (exact) mass is 276 g/mol. The number of rotatable bonds is 4. The maximum atomic E-state index is 9.69. The van der Waals surface area contributed by atoms with Gasteiger partial charge < -0.3 is 20.1 Å². The molecular weight excluding hydrogens is 264 g/mol. The van der Waals surface area contributed by atoms with E-state index in [-0.39, 0.29) is 0 Å². The number of methoxy groups -OCH3 is 1. The van der Waals surface area contributed by atoms with Crippen LogP contribution in [0, 0.1) is 0 Å². The van der Waals surface area contributed by atoms with Crippen LogP contribution >= 0.6 is 15.9 Å². The van der Waals surface area contributed by atoms with E-state index < -0.39 is 18.8 Å². The van der Waals surface area contributed by atoms with Gasteiger partial charge in [-0.15, -0.1) is 0 Å². The summed E-state index contributed by atoms with van der Waals surface area (Å²) in [5.74, 6) is 0.462. The maximum Gasteiger partial charge on any atom is 0.125 e. The Balaban J connectivity index is 3.02. The minimum Gasteiger partial charge on any atom is -0.496 e. The molecule has 0 spiro atoms. The average molecular weight is 277 g/mol. The minimum atomic E-state index is -1.21. The summed E-state index contributed by atoms with van der Waals surface area (Å²) in [4.78, 5) is 0. The summed E-state index contributed by atoms with van der Waals surface area (Å²) in [6.07, 6.45) is -2.36. The molecule has 0 aromatic heterocycles. The maximum absolute atomic E-state index is 9.69. The van der Waals surface area contributed by atoms with Crippen LogP contribution in [0.4, 0.5) is 0 Å². The Morgan fingerprint density at radius 3 is 2.60 bits per heavy atom. The molecule has 84 valence electrons.